The fourth-order valence-corrected chi connectivity index (χ4v) is 1.70. The number of halogens is 3. The van der Waals surface area contributed by atoms with Gasteiger partial charge in [0.25, 0.3) is 0 Å². The Bertz CT molecular complexity index is 597. The molecular weight excluding hydrogens is 273 g/mol. The molecule has 0 spiro atoms. The summed E-state index contributed by atoms with van der Waals surface area (Å²) in [6.07, 6.45) is -3.49. The van der Waals surface area contributed by atoms with E-state index in [0.29, 0.717) is 11.8 Å². The molecule has 0 atom stereocenters. The first-order chi connectivity index (χ1) is 9.40. The van der Waals surface area contributed by atoms with Crippen molar-refractivity contribution in [1.29, 1.82) is 0 Å². The van der Waals surface area contributed by atoms with Crippen molar-refractivity contribution in [3.8, 4) is 0 Å². The van der Waals surface area contributed by atoms with Crippen LogP contribution in [0.2, 0.25) is 0 Å². The van der Waals surface area contributed by atoms with E-state index in [1.54, 1.807) is 24.3 Å². The maximum Gasteiger partial charge on any atom is 0.419 e. The van der Waals surface area contributed by atoms with E-state index in [0.717, 1.165) is 11.6 Å². The Balaban J connectivity index is 2.10. The minimum Gasteiger partial charge on any atom is -0.468 e. The predicted octanol–water partition coefficient (Wildman–Crippen LogP) is 3.68. The second kappa shape index (κ2) is 5.40. The normalized spacial score (nSPS) is 11.4. The largest absolute Gasteiger partial charge is 0.468 e. The van der Waals surface area contributed by atoms with Crippen LogP contribution in [0, 0.1) is 0 Å². The second-order valence-electron chi connectivity index (χ2n) is 4.16. The van der Waals surface area contributed by atoms with E-state index in [1.807, 2.05) is 0 Å². The number of carbonyl (C=O) groups excluding carboxylic acids is 1. The summed E-state index contributed by atoms with van der Waals surface area (Å²) in [5.41, 5.74) is 0.311. The van der Waals surface area contributed by atoms with Crippen molar-refractivity contribution in [3.63, 3.8) is 0 Å². The fourth-order valence-electron chi connectivity index (χ4n) is 1.70. The summed E-state index contributed by atoms with van der Waals surface area (Å²) in [6, 6.07) is 7.35. The maximum atomic E-state index is 12.4. The molecule has 0 aliphatic rings. The van der Waals surface area contributed by atoms with E-state index in [4.69, 9.17) is 4.42 Å². The van der Waals surface area contributed by atoms with E-state index in [1.165, 1.54) is 7.11 Å². The molecule has 106 valence electrons. The molecule has 6 heteroatoms. The zero-order chi connectivity index (χ0) is 14.8. The van der Waals surface area contributed by atoms with Gasteiger partial charge >= 0.3 is 12.1 Å². The lowest BCUT2D eigenvalue weighted by Crippen LogP contribution is -2.02. The van der Waals surface area contributed by atoms with Crippen molar-refractivity contribution >= 4 is 5.97 Å². The number of ether oxygens (including phenoxy) is 1. The average molecular weight is 284 g/mol. The van der Waals surface area contributed by atoms with Gasteiger partial charge in [-0.15, -0.1) is 0 Å². The first-order valence-corrected chi connectivity index (χ1v) is 5.72. The van der Waals surface area contributed by atoms with E-state index in [2.05, 4.69) is 4.74 Å². The monoisotopic (exact) mass is 284 g/mol. The third kappa shape index (κ3) is 3.20. The molecule has 0 fully saturated rings. The number of rotatable bonds is 3. The lowest BCUT2D eigenvalue weighted by Gasteiger charge is -2.02. The van der Waals surface area contributed by atoms with Gasteiger partial charge in [-0.25, -0.2) is 4.79 Å². The fraction of sp³-hybridized carbons (Fsp3) is 0.214. The van der Waals surface area contributed by atoms with Crippen molar-refractivity contribution in [1.82, 2.24) is 0 Å². The highest BCUT2D eigenvalue weighted by Crippen LogP contribution is 2.31. The van der Waals surface area contributed by atoms with Crippen LogP contribution in [0.15, 0.2) is 41.0 Å². The first-order valence-electron chi connectivity index (χ1n) is 5.72. The van der Waals surface area contributed by atoms with Crippen LogP contribution in [0.25, 0.3) is 0 Å². The van der Waals surface area contributed by atoms with Gasteiger partial charge in [-0.1, -0.05) is 12.1 Å². The second-order valence-corrected chi connectivity index (χ2v) is 4.16. The Labute approximate surface area is 113 Å². The van der Waals surface area contributed by atoms with Crippen LogP contribution in [0.3, 0.4) is 0 Å². The summed E-state index contributed by atoms with van der Waals surface area (Å²) in [6.45, 7) is 0. The lowest BCUT2D eigenvalue weighted by molar-refractivity contribution is -0.137. The zero-order valence-corrected chi connectivity index (χ0v) is 10.5. The summed E-state index contributed by atoms with van der Waals surface area (Å²) >= 11 is 0. The van der Waals surface area contributed by atoms with Gasteiger partial charge in [0, 0.05) is 6.42 Å². The molecule has 0 amide bonds. The number of esters is 1. The summed E-state index contributed by atoms with van der Waals surface area (Å²) < 4.78 is 46.7. The Morgan fingerprint density at radius 1 is 1.25 bits per heavy atom. The van der Waals surface area contributed by atoms with Crippen molar-refractivity contribution in [2.75, 3.05) is 7.11 Å². The molecule has 0 saturated heterocycles. The molecular formula is C14H11F3O3. The van der Waals surface area contributed by atoms with Crippen LogP contribution in [-0.4, -0.2) is 13.1 Å². The van der Waals surface area contributed by atoms with Gasteiger partial charge in [0.15, 0.2) is 0 Å². The standard InChI is InChI=1S/C14H11F3O3/c1-19-13(18)10-4-2-9(3-5-10)6-12-7-11(8-20-12)14(15,16)17/h2-5,7-8H,6H2,1H3. The summed E-state index contributed by atoms with van der Waals surface area (Å²) in [4.78, 5) is 11.2. The molecule has 3 nitrogen and oxygen atoms in total. The number of benzene rings is 1. The number of furan rings is 1. The van der Waals surface area contributed by atoms with Crippen LogP contribution in [0.4, 0.5) is 13.2 Å². The molecule has 0 unspecified atom stereocenters. The third-order valence-corrected chi connectivity index (χ3v) is 2.73. The summed E-state index contributed by atoms with van der Waals surface area (Å²) in [5.74, 6) is -0.253. The molecule has 0 N–H and O–H groups in total. The molecule has 0 aliphatic carbocycles. The van der Waals surface area contributed by atoms with Crippen molar-refractivity contribution in [2.45, 2.75) is 12.6 Å². The summed E-state index contributed by atoms with van der Waals surface area (Å²) in [5, 5.41) is 0. The molecule has 1 heterocycles. The SMILES string of the molecule is COC(=O)c1ccc(Cc2cc(C(F)(F)F)co2)cc1. The number of hydrogen-bond donors (Lipinski definition) is 0. The zero-order valence-electron chi connectivity index (χ0n) is 10.5. The summed E-state index contributed by atoms with van der Waals surface area (Å²) in [7, 11) is 1.28. The quantitative estimate of drug-likeness (QED) is 0.807. The van der Waals surface area contributed by atoms with Crippen LogP contribution >= 0.6 is 0 Å². The van der Waals surface area contributed by atoms with Crippen LogP contribution in [-0.2, 0) is 17.3 Å². The number of alkyl halides is 3. The Morgan fingerprint density at radius 3 is 2.40 bits per heavy atom. The molecule has 0 aliphatic heterocycles. The Morgan fingerprint density at radius 2 is 1.90 bits per heavy atom. The molecule has 1 aromatic heterocycles. The molecule has 0 bridgehead atoms. The van der Waals surface area contributed by atoms with Gasteiger partial charge in [0.2, 0.25) is 0 Å². The Hall–Kier alpha value is -2.24. The highest BCUT2D eigenvalue weighted by molar-refractivity contribution is 5.89. The average Bonchev–Trinajstić information content (AvgIpc) is 2.87. The van der Waals surface area contributed by atoms with Crippen molar-refractivity contribution < 1.29 is 27.1 Å². The molecule has 0 saturated carbocycles. The van der Waals surface area contributed by atoms with E-state index >= 15 is 0 Å². The molecule has 20 heavy (non-hydrogen) atoms. The maximum absolute atomic E-state index is 12.4. The van der Waals surface area contributed by atoms with Gasteiger partial charge in [-0.2, -0.15) is 13.2 Å². The van der Waals surface area contributed by atoms with E-state index in [-0.39, 0.29) is 12.2 Å². The van der Waals surface area contributed by atoms with Gasteiger partial charge in [0.1, 0.15) is 12.0 Å². The van der Waals surface area contributed by atoms with Crippen molar-refractivity contribution in [3.05, 3.63) is 59.0 Å². The van der Waals surface area contributed by atoms with E-state index in [9.17, 15) is 18.0 Å². The minimum absolute atomic E-state index is 0.211. The van der Waals surface area contributed by atoms with Gasteiger partial charge < -0.3 is 9.15 Å². The van der Waals surface area contributed by atoms with E-state index < -0.39 is 17.7 Å². The number of hydrogen-bond acceptors (Lipinski definition) is 3. The van der Waals surface area contributed by atoms with Gasteiger partial charge in [-0.3, -0.25) is 0 Å². The Kier molecular flexibility index (Phi) is 3.83. The third-order valence-electron chi connectivity index (χ3n) is 2.73. The highest BCUT2D eigenvalue weighted by Gasteiger charge is 2.32. The van der Waals surface area contributed by atoms with Crippen molar-refractivity contribution in [2.24, 2.45) is 0 Å². The van der Waals surface area contributed by atoms with Gasteiger partial charge in [0.05, 0.1) is 18.2 Å². The highest BCUT2D eigenvalue weighted by atomic mass is 19.4. The molecule has 1 aromatic carbocycles. The number of methoxy groups -OCH3 is 1. The van der Waals surface area contributed by atoms with Crippen LogP contribution in [0.5, 0.6) is 0 Å². The smallest absolute Gasteiger partial charge is 0.419 e. The van der Waals surface area contributed by atoms with Crippen LogP contribution < -0.4 is 0 Å². The number of carbonyl (C=O) groups is 1. The first kappa shape index (κ1) is 14.2. The topological polar surface area (TPSA) is 39.4 Å². The van der Waals surface area contributed by atoms with Gasteiger partial charge in [-0.05, 0) is 23.8 Å². The minimum atomic E-state index is -4.41. The lowest BCUT2D eigenvalue weighted by atomic mass is 10.1. The van der Waals surface area contributed by atoms with Crippen LogP contribution in [0.1, 0.15) is 27.2 Å². The molecule has 2 rings (SSSR count). The predicted molar refractivity (Wildman–Crippen MR) is 64.3 cm³/mol. The molecule has 0 radical (unpaired) electrons. The molecule has 2 aromatic rings.